The minimum absolute atomic E-state index is 0.199. The van der Waals surface area contributed by atoms with E-state index in [2.05, 4.69) is 11.1 Å². The van der Waals surface area contributed by atoms with Gasteiger partial charge in [-0.05, 0) is 6.92 Å². The monoisotopic (exact) mass is 169 g/mol. The third kappa shape index (κ3) is 1.36. The highest BCUT2D eigenvalue weighted by atomic mass is 35.5. The van der Waals surface area contributed by atoms with Gasteiger partial charge in [0, 0.05) is 7.05 Å². The van der Waals surface area contributed by atoms with Crippen molar-refractivity contribution in [2.45, 2.75) is 12.8 Å². The largest absolute Gasteiger partial charge is 0.335 e. The summed E-state index contributed by atoms with van der Waals surface area (Å²) < 4.78 is 1.76. The Morgan fingerprint density at radius 3 is 2.82 bits per heavy atom. The highest BCUT2D eigenvalue weighted by Gasteiger charge is 2.12. The highest BCUT2D eigenvalue weighted by Crippen LogP contribution is 2.21. The summed E-state index contributed by atoms with van der Waals surface area (Å²) in [5.41, 5.74) is 0.772. The molecule has 0 saturated carbocycles. The molecular weight excluding hydrogens is 162 g/mol. The number of rotatable bonds is 1. The Hall–Kier alpha value is -1.01. The summed E-state index contributed by atoms with van der Waals surface area (Å²) in [7, 11) is 1.82. The fourth-order valence-corrected chi connectivity index (χ4v) is 1.30. The van der Waals surface area contributed by atoms with Crippen LogP contribution in [0.5, 0.6) is 0 Å². The van der Waals surface area contributed by atoms with Crippen LogP contribution >= 0.6 is 11.6 Å². The normalized spacial score (nSPS) is 12.5. The van der Waals surface area contributed by atoms with Gasteiger partial charge in [0.25, 0.3) is 0 Å². The van der Waals surface area contributed by atoms with Crippen LogP contribution < -0.4 is 0 Å². The van der Waals surface area contributed by atoms with Crippen LogP contribution in [0.25, 0.3) is 0 Å². The summed E-state index contributed by atoms with van der Waals surface area (Å²) in [5.74, 6) is -0.199. The van der Waals surface area contributed by atoms with E-state index in [0.29, 0.717) is 5.15 Å². The average molecular weight is 170 g/mol. The van der Waals surface area contributed by atoms with Crippen molar-refractivity contribution in [3.05, 3.63) is 17.2 Å². The van der Waals surface area contributed by atoms with Gasteiger partial charge in [-0.25, -0.2) is 4.98 Å². The van der Waals surface area contributed by atoms with E-state index in [1.165, 1.54) is 0 Å². The lowest BCUT2D eigenvalue weighted by molar-refractivity contribution is 0.791. The number of aryl methyl sites for hydroxylation is 1. The number of imidazole rings is 1. The molecule has 0 spiro atoms. The molecule has 0 radical (unpaired) electrons. The Labute approximate surface area is 70.2 Å². The zero-order chi connectivity index (χ0) is 8.43. The van der Waals surface area contributed by atoms with E-state index >= 15 is 0 Å². The number of nitriles is 1. The lowest BCUT2D eigenvalue weighted by Gasteiger charge is -2.02. The summed E-state index contributed by atoms with van der Waals surface area (Å²) in [6.45, 7) is 1.79. The van der Waals surface area contributed by atoms with Crippen LogP contribution in [-0.2, 0) is 7.05 Å². The number of hydrogen-bond donors (Lipinski definition) is 0. The van der Waals surface area contributed by atoms with E-state index in [-0.39, 0.29) is 5.92 Å². The van der Waals surface area contributed by atoms with Crippen LogP contribution in [0.1, 0.15) is 18.5 Å². The van der Waals surface area contributed by atoms with E-state index < -0.39 is 0 Å². The van der Waals surface area contributed by atoms with Crippen molar-refractivity contribution in [1.82, 2.24) is 9.55 Å². The summed E-state index contributed by atoms with van der Waals surface area (Å²) >= 11 is 5.74. The predicted molar refractivity (Wildman–Crippen MR) is 42.2 cm³/mol. The molecule has 1 atom stereocenters. The fraction of sp³-hybridized carbons (Fsp3) is 0.429. The van der Waals surface area contributed by atoms with Gasteiger partial charge in [0.1, 0.15) is 0 Å². The first kappa shape index (κ1) is 8.09. The molecule has 0 bridgehead atoms. The average Bonchev–Trinajstić information content (AvgIpc) is 2.30. The van der Waals surface area contributed by atoms with Crippen LogP contribution in [0.4, 0.5) is 0 Å². The molecule has 1 unspecified atom stereocenters. The Morgan fingerprint density at radius 2 is 2.45 bits per heavy atom. The molecule has 0 aliphatic rings. The summed E-state index contributed by atoms with van der Waals surface area (Å²) in [4.78, 5) is 3.86. The Bertz CT molecular complexity index is 278. The van der Waals surface area contributed by atoms with E-state index in [1.54, 1.807) is 17.8 Å². The number of aromatic nitrogens is 2. The second-order valence-corrected chi connectivity index (χ2v) is 2.74. The third-order valence-corrected chi connectivity index (χ3v) is 1.83. The Balaban J connectivity index is 3.12. The van der Waals surface area contributed by atoms with Crippen LogP contribution in [0, 0.1) is 11.3 Å². The van der Waals surface area contributed by atoms with Crippen LogP contribution in [0.15, 0.2) is 6.33 Å². The SMILES string of the molecule is CC(C#N)c1c(Cl)ncn1C. The maximum absolute atomic E-state index is 8.61. The lowest BCUT2D eigenvalue weighted by atomic mass is 10.1. The summed E-state index contributed by atoms with van der Waals surface area (Å²) in [6, 6.07) is 2.10. The molecule has 3 nitrogen and oxygen atoms in total. The topological polar surface area (TPSA) is 41.6 Å². The highest BCUT2D eigenvalue weighted by molar-refractivity contribution is 6.30. The Morgan fingerprint density at radius 1 is 1.82 bits per heavy atom. The number of nitrogens with zero attached hydrogens (tertiary/aromatic N) is 3. The Kier molecular flexibility index (Phi) is 2.16. The first-order chi connectivity index (χ1) is 5.16. The van der Waals surface area contributed by atoms with Crippen molar-refractivity contribution >= 4 is 11.6 Å². The van der Waals surface area contributed by atoms with E-state index in [9.17, 15) is 0 Å². The van der Waals surface area contributed by atoms with Crippen molar-refractivity contribution in [2.24, 2.45) is 7.05 Å². The van der Waals surface area contributed by atoms with Crippen LogP contribution in [0.3, 0.4) is 0 Å². The van der Waals surface area contributed by atoms with Gasteiger partial charge < -0.3 is 4.57 Å². The molecule has 0 aliphatic carbocycles. The molecule has 1 rings (SSSR count). The van der Waals surface area contributed by atoms with Gasteiger partial charge in [-0.2, -0.15) is 5.26 Å². The predicted octanol–water partition coefficient (Wildman–Crippen LogP) is 1.70. The number of hydrogen-bond acceptors (Lipinski definition) is 2. The first-order valence-electron chi connectivity index (χ1n) is 3.23. The molecule has 11 heavy (non-hydrogen) atoms. The standard InChI is InChI=1S/C7H8ClN3/c1-5(3-9)6-7(8)10-4-11(6)2/h4-5H,1-2H3. The van der Waals surface area contributed by atoms with Crippen LogP contribution in [-0.4, -0.2) is 9.55 Å². The molecule has 1 aromatic rings. The smallest absolute Gasteiger partial charge is 0.151 e. The molecule has 0 fully saturated rings. The van der Waals surface area contributed by atoms with Gasteiger partial charge in [0.05, 0.1) is 24.0 Å². The molecule has 0 N–H and O–H groups in total. The molecule has 0 amide bonds. The minimum Gasteiger partial charge on any atom is -0.335 e. The van der Waals surface area contributed by atoms with Crippen LogP contribution in [0.2, 0.25) is 5.15 Å². The molecule has 58 valence electrons. The van der Waals surface area contributed by atoms with Gasteiger partial charge >= 0.3 is 0 Å². The zero-order valence-electron chi connectivity index (χ0n) is 6.37. The molecule has 0 aliphatic heterocycles. The maximum Gasteiger partial charge on any atom is 0.151 e. The fourth-order valence-electron chi connectivity index (χ4n) is 0.956. The second kappa shape index (κ2) is 2.93. The van der Waals surface area contributed by atoms with E-state index in [4.69, 9.17) is 16.9 Å². The molecule has 4 heteroatoms. The van der Waals surface area contributed by atoms with Gasteiger partial charge in [0.15, 0.2) is 5.15 Å². The third-order valence-electron chi connectivity index (χ3n) is 1.54. The van der Waals surface area contributed by atoms with Gasteiger partial charge in [-0.15, -0.1) is 0 Å². The summed E-state index contributed by atoms with van der Waals surface area (Å²) in [6.07, 6.45) is 1.60. The first-order valence-corrected chi connectivity index (χ1v) is 3.61. The second-order valence-electron chi connectivity index (χ2n) is 2.38. The minimum atomic E-state index is -0.199. The maximum atomic E-state index is 8.61. The molecule has 0 saturated heterocycles. The van der Waals surface area contributed by atoms with Crippen molar-refractivity contribution in [2.75, 3.05) is 0 Å². The summed E-state index contributed by atoms with van der Waals surface area (Å²) in [5, 5.41) is 9.02. The van der Waals surface area contributed by atoms with Crippen molar-refractivity contribution in [1.29, 1.82) is 5.26 Å². The van der Waals surface area contributed by atoms with E-state index in [0.717, 1.165) is 5.69 Å². The van der Waals surface area contributed by atoms with Gasteiger partial charge in [0.2, 0.25) is 0 Å². The molecule has 1 aromatic heterocycles. The molecule has 1 heterocycles. The van der Waals surface area contributed by atoms with E-state index in [1.807, 2.05) is 7.05 Å². The van der Waals surface area contributed by atoms with Gasteiger partial charge in [-0.1, -0.05) is 11.6 Å². The molecule has 0 aromatic carbocycles. The molecular formula is C7H8ClN3. The van der Waals surface area contributed by atoms with Crippen molar-refractivity contribution in [3.63, 3.8) is 0 Å². The number of halogens is 1. The van der Waals surface area contributed by atoms with Crippen molar-refractivity contribution in [3.8, 4) is 6.07 Å². The zero-order valence-corrected chi connectivity index (χ0v) is 7.13. The quantitative estimate of drug-likeness (QED) is 0.642. The van der Waals surface area contributed by atoms with Crippen molar-refractivity contribution < 1.29 is 0 Å². The lowest BCUT2D eigenvalue weighted by Crippen LogP contribution is -1.98. The van der Waals surface area contributed by atoms with Gasteiger partial charge in [-0.3, -0.25) is 0 Å².